The monoisotopic (exact) mass is 422 g/mol. The lowest BCUT2D eigenvalue weighted by atomic mass is 9.65. The number of ether oxygens (including phenoxy) is 1. The second-order valence-electron chi connectivity index (χ2n) is 6.26. The SMILES string of the molecule is O=C1OC(=O)C2CC3C(CC12)[C@]1(Cl)C(Cl)=C(Cl)[C@@]3(Cl)C1(Cl)Cl. The topological polar surface area (TPSA) is 43.4 Å². The number of rotatable bonds is 0. The summed E-state index contributed by atoms with van der Waals surface area (Å²) < 4.78 is 3.10. The summed E-state index contributed by atoms with van der Waals surface area (Å²) in [5.74, 6) is -2.93. The number of cyclic esters (lactones) is 2. The van der Waals surface area contributed by atoms with E-state index in [4.69, 9.17) is 74.3 Å². The van der Waals surface area contributed by atoms with Crippen LogP contribution in [0.1, 0.15) is 12.8 Å². The van der Waals surface area contributed by atoms with Crippen molar-refractivity contribution in [2.45, 2.75) is 26.9 Å². The van der Waals surface area contributed by atoms with Gasteiger partial charge in [0.2, 0.25) is 0 Å². The molecule has 4 rings (SSSR count). The molecule has 0 spiro atoms. The van der Waals surface area contributed by atoms with Crippen LogP contribution in [0.25, 0.3) is 0 Å². The minimum atomic E-state index is -1.63. The Kier molecular flexibility index (Phi) is 3.23. The molecule has 0 aromatic rings. The molecule has 3 fully saturated rings. The van der Waals surface area contributed by atoms with Crippen molar-refractivity contribution in [2.24, 2.45) is 23.7 Å². The fourth-order valence-electron chi connectivity index (χ4n) is 4.51. The van der Waals surface area contributed by atoms with Crippen molar-refractivity contribution < 1.29 is 14.3 Å². The van der Waals surface area contributed by atoms with Gasteiger partial charge in [0.15, 0.2) is 4.33 Å². The first-order valence-corrected chi connectivity index (χ1v) is 8.92. The van der Waals surface area contributed by atoms with Crippen molar-refractivity contribution in [3.63, 3.8) is 0 Å². The van der Waals surface area contributed by atoms with Crippen LogP contribution in [0.5, 0.6) is 0 Å². The Morgan fingerprint density at radius 3 is 1.55 bits per heavy atom. The summed E-state index contributed by atoms with van der Waals surface area (Å²) in [5, 5.41) is 0.237. The number of carbonyl (C=O) groups is 2. The minimum absolute atomic E-state index is 0.119. The molecule has 0 aromatic carbocycles. The van der Waals surface area contributed by atoms with Gasteiger partial charge in [-0.3, -0.25) is 9.59 Å². The molecule has 4 unspecified atom stereocenters. The second kappa shape index (κ2) is 4.42. The van der Waals surface area contributed by atoms with Gasteiger partial charge in [-0.05, 0) is 24.7 Å². The van der Waals surface area contributed by atoms with Crippen molar-refractivity contribution in [2.75, 3.05) is 0 Å². The lowest BCUT2D eigenvalue weighted by Crippen LogP contribution is -2.44. The van der Waals surface area contributed by atoms with Crippen molar-refractivity contribution >= 4 is 81.5 Å². The predicted octanol–water partition coefficient (Wildman–Crippen LogP) is 4.17. The molecule has 3 nitrogen and oxygen atoms in total. The molecule has 3 aliphatic carbocycles. The van der Waals surface area contributed by atoms with E-state index >= 15 is 0 Å². The van der Waals surface area contributed by atoms with Gasteiger partial charge in [-0.15, -0.1) is 23.2 Å². The zero-order valence-electron chi connectivity index (χ0n) is 10.7. The van der Waals surface area contributed by atoms with Crippen LogP contribution < -0.4 is 0 Å². The van der Waals surface area contributed by atoms with E-state index < -0.39 is 37.9 Å². The lowest BCUT2D eigenvalue weighted by Gasteiger charge is -2.42. The van der Waals surface area contributed by atoms with Crippen molar-refractivity contribution in [3.05, 3.63) is 10.1 Å². The van der Waals surface area contributed by atoms with E-state index in [0.717, 1.165) is 0 Å². The lowest BCUT2D eigenvalue weighted by molar-refractivity contribution is -0.153. The Morgan fingerprint density at radius 2 is 1.18 bits per heavy atom. The predicted molar refractivity (Wildman–Crippen MR) is 84.6 cm³/mol. The third-order valence-electron chi connectivity index (χ3n) is 5.56. The van der Waals surface area contributed by atoms with Gasteiger partial charge < -0.3 is 4.74 Å². The molecule has 1 saturated heterocycles. The molecule has 0 aromatic heterocycles. The molecule has 2 bridgehead atoms. The first kappa shape index (κ1) is 16.1. The van der Waals surface area contributed by atoms with E-state index in [1.54, 1.807) is 0 Å². The van der Waals surface area contributed by atoms with Gasteiger partial charge in [0.05, 0.1) is 21.9 Å². The van der Waals surface area contributed by atoms with Gasteiger partial charge in [0, 0.05) is 0 Å². The van der Waals surface area contributed by atoms with Crippen molar-refractivity contribution in [3.8, 4) is 0 Å². The van der Waals surface area contributed by atoms with E-state index in [0.29, 0.717) is 12.8 Å². The zero-order valence-corrected chi connectivity index (χ0v) is 15.3. The summed E-state index contributed by atoms with van der Waals surface area (Å²) in [5.41, 5.74) is 0. The fourth-order valence-corrected chi connectivity index (χ4v) is 7.61. The summed E-state index contributed by atoms with van der Waals surface area (Å²) in [6.07, 6.45) is 0.582. The smallest absolute Gasteiger partial charge is 0.317 e. The summed E-state index contributed by atoms with van der Waals surface area (Å²) >= 11 is 39.0. The highest BCUT2D eigenvalue weighted by atomic mass is 35.5. The number of halogens is 6. The van der Waals surface area contributed by atoms with Crippen molar-refractivity contribution in [1.29, 1.82) is 0 Å². The highest BCUT2D eigenvalue weighted by molar-refractivity contribution is 6.65. The number of alkyl halides is 4. The third-order valence-corrected chi connectivity index (χ3v) is 9.91. The Labute approximate surface area is 156 Å². The van der Waals surface area contributed by atoms with Gasteiger partial charge >= 0.3 is 11.9 Å². The highest BCUT2D eigenvalue weighted by Gasteiger charge is 2.83. The second-order valence-corrected chi connectivity index (χ2v) is 9.54. The molecule has 0 radical (unpaired) electrons. The van der Waals surface area contributed by atoms with Crippen LogP contribution in [-0.4, -0.2) is 26.0 Å². The molecule has 1 aliphatic heterocycles. The summed E-state index contributed by atoms with van der Waals surface area (Å²) in [4.78, 5) is 20.9. The van der Waals surface area contributed by atoms with Crippen LogP contribution in [0.4, 0.5) is 0 Å². The molecule has 1 heterocycles. The quantitative estimate of drug-likeness (QED) is 0.333. The van der Waals surface area contributed by atoms with Gasteiger partial charge in [0.1, 0.15) is 9.75 Å². The molecular formula is C13H8Cl6O3. The maximum absolute atomic E-state index is 11.8. The Bertz CT molecular complexity index is 608. The zero-order chi connectivity index (χ0) is 16.2. The summed E-state index contributed by atoms with van der Waals surface area (Å²) in [6.45, 7) is 0. The van der Waals surface area contributed by atoms with Crippen LogP contribution >= 0.6 is 69.6 Å². The molecule has 9 heteroatoms. The number of hydrogen-bond donors (Lipinski definition) is 0. The third kappa shape index (κ3) is 1.43. The maximum Gasteiger partial charge on any atom is 0.317 e. The first-order chi connectivity index (χ1) is 10.1. The standard InChI is InChI=1S/C13H8Cl6O3/c14-7-8(15)12(17)6-2-4-3(9(20)22-10(4)21)1-5(6)11(7,16)13(12,18)19/h3-6H,1-2H2/t3?,4?,5?,6?,11-,12+. The number of carbonyl (C=O) groups excluding carboxylic acids is 2. The van der Waals surface area contributed by atoms with Crippen LogP contribution in [-0.2, 0) is 14.3 Å². The van der Waals surface area contributed by atoms with Crippen LogP contribution in [0.2, 0.25) is 0 Å². The molecule has 6 atom stereocenters. The Hall–Kier alpha value is 0.620. The average molecular weight is 425 g/mol. The summed E-state index contributed by atoms with van der Waals surface area (Å²) in [6, 6.07) is 0. The molecule has 0 N–H and O–H groups in total. The van der Waals surface area contributed by atoms with E-state index in [1.165, 1.54) is 0 Å². The van der Waals surface area contributed by atoms with E-state index in [2.05, 4.69) is 0 Å². The van der Waals surface area contributed by atoms with Crippen LogP contribution in [0, 0.1) is 23.7 Å². The van der Waals surface area contributed by atoms with Gasteiger partial charge in [0.25, 0.3) is 0 Å². The number of esters is 2. The molecular weight excluding hydrogens is 417 g/mol. The summed E-state index contributed by atoms with van der Waals surface area (Å²) in [7, 11) is 0. The van der Waals surface area contributed by atoms with E-state index in [-0.39, 0.29) is 21.9 Å². The normalized spacial score (nSPS) is 51.9. The Balaban J connectivity index is 1.87. The number of allylic oxidation sites excluding steroid dienone is 2. The number of hydrogen-bond acceptors (Lipinski definition) is 3. The van der Waals surface area contributed by atoms with Crippen LogP contribution in [0.3, 0.4) is 0 Å². The van der Waals surface area contributed by atoms with Crippen molar-refractivity contribution in [1.82, 2.24) is 0 Å². The van der Waals surface area contributed by atoms with E-state index in [1.807, 2.05) is 0 Å². The van der Waals surface area contributed by atoms with E-state index in [9.17, 15) is 9.59 Å². The number of fused-ring (bicyclic) bond motifs is 6. The molecule has 120 valence electrons. The molecule has 4 aliphatic rings. The molecule has 2 saturated carbocycles. The minimum Gasteiger partial charge on any atom is -0.393 e. The van der Waals surface area contributed by atoms with Crippen LogP contribution in [0.15, 0.2) is 10.1 Å². The fraction of sp³-hybridized carbons (Fsp3) is 0.692. The average Bonchev–Trinajstić information content (AvgIpc) is 2.85. The molecule has 0 amide bonds. The highest BCUT2D eigenvalue weighted by Crippen LogP contribution is 2.79. The first-order valence-electron chi connectivity index (χ1n) is 6.65. The maximum atomic E-state index is 11.8. The molecule has 22 heavy (non-hydrogen) atoms. The van der Waals surface area contributed by atoms with Gasteiger partial charge in [-0.2, -0.15) is 0 Å². The van der Waals surface area contributed by atoms with Gasteiger partial charge in [-0.25, -0.2) is 0 Å². The largest absolute Gasteiger partial charge is 0.393 e. The van der Waals surface area contributed by atoms with Gasteiger partial charge in [-0.1, -0.05) is 46.4 Å². The Morgan fingerprint density at radius 1 is 0.818 bits per heavy atom.